The zero-order valence-electron chi connectivity index (χ0n) is 11.5. The van der Waals surface area contributed by atoms with Gasteiger partial charge in [-0.25, -0.2) is 9.18 Å². The van der Waals surface area contributed by atoms with E-state index in [1.165, 1.54) is 23.1 Å². The van der Waals surface area contributed by atoms with E-state index < -0.39 is 18.0 Å². The van der Waals surface area contributed by atoms with Crippen LogP contribution in [0.3, 0.4) is 0 Å². The van der Waals surface area contributed by atoms with Crippen LogP contribution in [-0.2, 0) is 9.53 Å². The monoisotopic (exact) mass is 280 g/mol. The SMILES string of the molecule is CCCOC(=O)N1c2cc(F)ccc2NC(=O)C1CC. The van der Waals surface area contributed by atoms with E-state index in [1.807, 2.05) is 6.92 Å². The minimum atomic E-state index is -0.686. The van der Waals surface area contributed by atoms with Gasteiger partial charge in [0.1, 0.15) is 11.9 Å². The molecule has 5 nitrogen and oxygen atoms in total. The summed E-state index contributed by atoms with van der Waals surface area (Å²) in [5.74, 6) is -0.761. The quantitative estimate of drug-likeness (QED) is 0.926. The van der Waals surface area contributed by atoms with Crippen LogP contribution in [0.15, 0.2) is 18.2 Å². The molecule has 108 valence electrons. The number of hydrogen-bond donors (Lipinski definition) is 1. The standard InChI is InChI=1S/C14H17FN2O3/c1-3-7-20-14(19)17-11(4-2)13(18)16-10-6-5-9(15)8-12(10)17/h5-6,8,11H,3-4,7H2,1-2H3,(H,16,18). The van der Waals surface area contributed by atoms with E-state index in [4.69, 9.17) is 4.74 Å². The molecule has 0 aliphatic carbocycles. The maximum absolute atomic E-state index is 13.4. The first kappa shape index (κ1) is 14.3. The van der Waals surface area contributed by atoms with Crippen molar-refractivity contribution in [3.63, 3.8) is 0 Å². The third kappa shape index (κ3) is 2.59. The molecule has 6 heteroatoms. The molecule has 2 rings (SSSR count). The number of carbonyl (C=O) groups is 2. The molecular formula is C14H17FN2O3. The maximum Gasteiger partial charge on any atom is 0.415 e. The molecule has 20 heavy (non-hydrogen) atoms. The van der Waals surface area contributed by atoms with Gasteiger partial charge in [0.05, 0.1) is 18.0 Å². The molecule has 0 saturated heterocycles. The Morgan fingerprint density at radius 1 is 1.45 bits per heavy atom. The molecule has 0 radical (unpaired) electrons. The highest BCUT2D eigenvalue weighted by molar-refractivity contribution is 6.10. The van der Waals surface area contributed by atoms with Crippen molar-refractivity contribution in [3.05, 3.63) is 24.0 Å². The molecule has 2 amide bonds. The Hall–Kier alpha value is -2.11. The summed E-state index contributed by atoms with van der Waals surface area (Å²) in [5, 5.41) is 2.67. The van der Waals surface area contributed by atoms with Gasteiger partial charge < -0.3 is 10.1 Å². The van der Waals surface area contributed by atoms with Crippen molar-refractivity contribution in [3.8, 4) is 0 Å². The lowest BCUT2D eigenvalue weighted by atomic mass is 10.1. The molecule has 1 heterocycles. The maximum atomic E-state index is 13.4. The third-order valence-corrected chi connectivity index (χ3v) is 3.10. The Kier molecular flexibility index (Phi) is 4.22. The Morgan fingerprint density at radius 2 is 2.20 bits per heavy atom. The molecule has 1 aromatic carbocycles. The number of nitrogens with one attached hydrogen (secondary N) is 1. The number of nitrogens with zero attached hydrogens (tertiary/aromatic N) is 1. The van der Waals surface area contributed by atoms with Gasteiger partial charge in [-0.1, -0.05) is 13.8 Å². The van der Waals surface area contributed by atoms with Crippen LogP contribution < -0.4 is 10.2 Å². The Balaban J connectivity index is 2.41. The minimum Gasteiger partial charge on any atom is -0.449 e. The van der Waals surface area contributed by atoms with Gasteiger partial charge in [-0.2, -0.15) is 0 Å². The highest BCUT2D eigenvalue weighted by Gasteiger charge is 2.36. The van der Waals surface area contributed by atoms with E-state index in [-0.39, 0.29) is 12.5 Å². The van der Waals surface area contributed by atoms with Crippen LogP contribution in [0.4, 0.5) is 20.6 Å². The number of carbonyl (C=O) groups excluding carboxylic acids is 2. The fourth-order valence-corrected chi connectivity index (χ4v) is 2.16. The molecular weight excluding hydrogens is 263 g/mol. The molecule has 0 spiro atoms. The number of rotatable bonds is 3. The Morgan fingerprint density at radius 3 is 2.85 bits per heavy atom. The van der Waals surface area contributed by atoms with Crippen molar-refractivity contribution < 1.29 is 18.7 Å². The van der Waals surface area contributed by atoms with Gasteiger partial charge in [-0.15, -0.1) is 0 Å². The van der Waals surface area contributed by atoms with Crippen LogP contribution in [0.25, 0.3) is 0 Å². The highest BCUT2D eigenvalue weighted by Crippen LogP contribution is 2.34. The highest BCUT2D eigenvalue weighted by atomic mass is 19.1. The summed E-state index contributed by atoms with van der Waals surface area (Å²) in [6.07, 6.45) is 0.474. The summed E-state index contributed by atoms with van der Waals surface area (Å²) >= 11 is 0. The van der Waals surface area contributed by atoms with Crippen molar-refractivity contribution in [2.75, 3.05) is 16.8 Å². The van der Waals surface area contributed by atoms with Crippen LogP contribution in [0.2, 0.25) is 0 Å². The molecule has 1 atom stereocenters. The third-order valence-electron chi connectivity index (χ3n) is 3.10. The average molecular weight is 280 g/mol. The minimum absolute atomic E-state index is 0.262. The van der Waals surface area contributed by atoms with E-state index in [2.05, 4.69) is 5.32 Å². The molecule has 1 N–H and O–H groups in total. The van der Waals surface area contributed by atoms with Crippen LogP contribution in [0, 0.1) is 5.82 Å². The van der Waals surface area contributed by atoms with Crippen LogP contribution in [0.1, 0.15) is 26.7 Å². The predicted molar refractivity (Wildman–Crippen MR) is 73.2 cm³/mol. The molecule has 0 fully saturated rings. The van der Waals surface area contributed by atoms with Gasteiger partial charge >= 0.3 is 6.09 Å². The number of amides is 2. The lowest BCUT2D eigenvalue weighted by Crippen LogP contribution is -2.51. The molecule has 0 saturated carbocycles. The summed E-state index contributed by atoms with van der Waals surface area (Å²) in [6.45, 7) is 3.92. The molecule has 1 unspecified atom stereocenters. The largest absolute Gasteiger partial charge is 0.449 e. The lowest BCUT2D eigenvalue weighted by molar-refractivity contribution is -0.117. The van der Waals surface area contributed by atoms with E-state index >= 15 is 0 Å². The smallest absolute Gasteiger partial charge is 0.415 e. The summed E-state index contributed by atoms with van der Waals surface area (Å²) in [4.78, 5) is 25.4. The number of anilines is 2. The second kappa shape index (κ2) is 5.90. The van der Waals surface area contributed by atoms with Crippen molar-refractivity contribution in [2.45, 2.75) is 32.7 Å². The number of benzene rings is 1. The first-order valence-electron chi connectivity index (χ1n) is 6.64. The average Bonchev–Trinajstić information content (AvgIpc) is 2.43. The van der Waals surface area contributed by atoms with E-state index in [0.717, 1.165) is 0 Å². The molecule has 1 aliphatic rings. The van der Waals surface area contributed by atoms with Crippen LogP contribution in [0.5, 0.6) is 0 Å². The number of halogens is 1. The molecule has 1 aromatic rings. The zero-order valence-corrected chi connectivity index (χ0v) is 11.5. The summed E-state index contributed by atoms with van der Waals surface area (Å²) < 4.78 is 18.5. The van der Waals surface area contributed by atoms with Crippen molar-refractivity contribution in [1.82, 2.24) is 0 Å². The molecule has 0 aromatic heterocycles. The molecule has 1 aliphatic heterocycles. The van der Waals surface area contributed by atoms with E-state index in [0.29, 0.717) is 24.2 Å². The Bertz CT molecular complexity index is 533. The lowest BCUT2D eigenvalue weighted by Gasteiger charge is -2.35. The van der Waals surface area contributed by atoms with Gasteiger partial charge in [-0.3, -0.25) is 9.69 Å². The van der Waals surface area contributed by atoms with Crippen molar-refractivity contribution in [1.29, 1.82) is 0 Å². The summed E-state index contributed by atoms with van der Waals surface area (Å²) in [7, 11) is 0. The van der Waals surface area contributed by atoms with Gasteiger partial charge in [0.25, 0.3) is 0 Å². The van der Waals surface area contributed by atoms with Crippen molar-refractivity contribution >= 4 is 23.4 Å². The fraction of sp³-hybridized carbons (Fsp3) is 0.429. The number of fused-ring (bicyclic) bond motifs is 1. The second-order valence-corrected chi connectivity index (χ2v) is 4.56. The van der Waals surface area contributed by atoms with Gasteiger partial charge in [0.15, 0.2) is 0 Å². The van der Waals surface area contributed by atoms with E-state index in [1.54, 1.807) is 6.92 Å². The Labute approximate surface area is 116 Å². The van der Waals surface area contributed by atoms with Gasteiger partial charge in [0.2, 0.25) is 5.91 Å². The number of hydrogen-bond acceptors (Lipinski definition) is 3. The first-order valence-corrected chi connectivity index (χ1v) is 6.64. The van der Waals surface area contributed by atoms with Crippen LogP contribution >= 0.6 is 0 Å². The fourth-order valence-electron chi connectivity index (χ4n) is 2.16. The van der Waals surface area contributed by atoms with Gasteiger partial charge in [-0.05, 0) is 31.0 Å². The first-order chi connectivity index (χ1) is 9.58. The summed E-state index contributed by atoms with van der Waals surface area (Å²) in [5.41, 5.74) is 0.743. The molecule has 0 bridgehead atoms. The second-order valence-electron chi connectivity index (χ2n) is 4.56. The predicted octanol–water partition coefficient (Wildman–Crippen LogP) is 2.91. The van der Waals surface area contributed by atoms with E-state index in [9.17, 15) is 14.0 Å². The zero-order chi connectivity index (χ0) is 14.7. The summed E-state index contributed by atoms with van der Waals surface area (Å²) in [6, 6.07) is 3.22. The van der Waals surface area contributed by atoms with Crippen molar-refractivity contribution in [2.24, 2.45) is 0 Å². The number of ether oxygens (including phenoxy) is 1. The van der Waals surface area contributed by atoms with Gasteiger partial charge in [0, 0.05) is 0 Å². The topological polar surface area (TPSA) is 58.6 Å². The van der Waals surface area contributed by atoms with Crippen LogP contribution in [-0.4, -0.2) is 24.6 Å². The normalized spacial score (nSPS) is 17.4.